The van der Waals surface area contributed by atoms with Crippen LogP contribution >= 0.6 is 0 Å². The van der Waals surface area contributed by atoms with Crippen molar-refractivity contribution in [1.82, 2.24) is 0 Å². The fourth-order valence-corrected chi connectivity index (χ4v) is 3.45. The molecular weight excluding hydrogens is 330 g/mol. The Kier molecular flexibility index (Phi) is 6.43. The lowest BCUT2D eigenvalue weighted by Crippen LogP contribution is -2.26. The highest BCUT2D eigenvalue weighted by atomic mass is 16.2. The quantitative estimate of drug-likeness (QED) is 0.464. The molecule has 27 heavy (non-hydrogen) atoms. The van der Waals surface area contributed by atoms with Crippen molar-refractivity contribution in [2.24, 2.45) is 0 Å². The van der Waals surface area contributed by atoms with E-state index in [-0.39, 0.29) is 5.91 Å². The number of aryl methyl sites for hydroxylation is 1. The Morgan fingerprint density at radius 1 is 0.815 bits per heavy atom. The van der Waals surface area contributed by atoms with Crippen LogP contribution in [0.2, 0.25) is 0 Å². The molecule has 0 unspecified atom stereocenters. The predicted molar refractivity (Wildman–Crippen MR) is 113 cm³/mol. The maximum Gasteiger partial charge on any atom is 0.231 e. The summed E-state index contributed by atoms with van der Waals surface area (Å²) in [6.45, 7) is 4.30. The van der Waals surface area contributed by atoms with Gasteiger partial charge in [-0.2, -0.15) is 0 Å². The molecule has 0 aliphatic heterocycles. The number of carbonyl (C=O) groups excluding carboxylic acids is 1. The van der Waals surface area contributed by atoms with E-state index in [9.17, 15) is 4.79 Å². The molecule has 0 aliphatic carbocycles. The minimum Gasteiger partial charge on any atom is -0.281 e. The number of rotatable bonds is 7. The molecule has 0 saturated heterocycles. The molecule has 138 valence electrons. The molecule has 0 aliphatic rings. The standard InChI is InChI=1S/C25H27NO/c1-3-21(22-16-14-20(2)15-17-22)18-19-25(27)26(23-10-6-4-7-11-23)24-12-8-5-9-13-24/h4-17,21H,3,18-19H2,1-2H3/t21-/m1/s1. The molecule has 0 radical (unpaired) electrons. The van der Waals surface area contributed by atoms with Gasteiger partial charge in [0, 0.05) is 17.8 Å². The van der Waals surface area contributed by atoms with Crippen molar-refractivity contribution in [3.63, 3.8) is 0 Å². The lowest BCUT2D eigenvalue weighted by molar-refractivity contribution is -0.118. The van der Waals surface area contributed by atoms with Gasteiger partial charge in [0.15, 0.2) is 0 Å². The summed E-state index contributed by atoms with van der Waals surface area (Å²) in [7, 11) is 0. The number of nitrogens with zero attached hydrogens (tertiary/aromatic N) is 1. The second-order valence-corrected chi connectivity index (χ2v) is 6.95. The van der Waals surface area contributed by atoms with Gasteiger partial charge in [-0.1, -0.05) is 73.2 Å². The number of hydrogen-bond donors (Lipinski definition) is 0. The molecule has 0 saturated carbocycles. The highest BCUT2D eigenvalue weighted by Crippen LogP contribution is 2.29. The van der Waals surface area contributed by atoms with E-state index >= 15 is 0 Å². The van der Waals surface area contributed by atoms with Gasteiger partial charge in [0.1, 0.15) is 0 Å². The lowest BCUT2D eigenvalue weighted by Gasteiger charge is -2.24. The summed E-state index contributed by atoms with van der Waals surface area (Å²) in [6, 6.07) is 28.5. The summed E-state index contributed by atoms with van der Waals surface area (Å²) in [5.74, 6) is 0.543. The largest absolute Gasteiger partial charge is 0.281 e. The fraction of sp³-hybridized carbons (Fsp3) is 0.240. The normalized spacial score (nSPS) is 11.8. The van der Waals surface area contributed by atoms with Crippen molar-refractivity contribution in [1.29, 1.82) is 0 Å². The summed E-state index contributed by atoms with van der Waals surface area (Å²) in [5, 5.41) is 0. The minimum atomic E-state index is 0.137. The Hall–Kier alpha value is -2.87. The van der Waals surface area contributed by atoms with Gasteiger partial charge in [-0.05, 0) is 55.5 Å². The van der Waals surface area contributed by atoms with Gasteiger partial charge in [-0.15, -0.1) is 0 Å². The van der Waals surface area contributed by atoms with Gasteiger partial charge >= 0.3 is 0 Å². The lowest BCUT2D eigenvalue weighted by atomic mass is 9.91. The Bertz CT molecular complexity index is 801. The van der Waals surface area contributed by atoms with Crippen molar-refractivity contribution in [3.8, 4) is 0 Å². The fourth-order valence-electron chi connectivity index (χ4n) is 3.45. The number of hydrogen-bond acceptors (Lipinski definition) is 1. The summed E-state index contributed by atoms with van der Waals surface area (Å²) < 4.78 is 0. The van der Waals surface area contributed by atoms with Gasteiger partial charge < -0.3 is 0 Å². The van der Waals surface area contributed by atoms with Crippen molar-refractivity contribution < 1.29 is 4.79 Å². The zero-order valence-electron chi connectivity index (χ0n) is 16.1. The Morgan fingerprint density at radius 3 is 1.81 bits per heavy atom. The van der Waals surface area contributed by atoms with E-state index in [1.807, 2.05) is 65.6 Å². The van der Waals surface area contributed by atoms with Crippen molar-refractivity contribution in [3.05, 3.63) is 96.1 Å². The van der Waals surface area contributed by atoms with Crippen LogP contribution in [0.25, 0.3) is 0 Å². The Labute approximate surface area is 162 Å². The number of benzene rings is 3. The maximum atomic E-state index is 13.2. The number of carbonyl (C=O) groups is 1. The predicted octanol–water partition coefficient (Wildman–Crippen LogP) is 6.63. The van der Waals surface area contributed by atoms with Crippen molar-refractivity contribution >= 4 is 17.3 Å². The highest BCUT2D eigenvalue weighted by molar-refractivity contribution is 6.00. The van der Waals surface area contributed by atoms with Gasteiger partial charge in [0.05, 0.1) is 0 Å². The van der Waals surface area contributed by atoms with E-state index in [1.54, 1.807) is 0 Å². The molecule has 0 aromatic heterocycles. The smallest absolute Gasteiger partial charge is 0.231 e. The maximum absolute atomic E-state index is 13.2. The number of anilines is 2. The monoisotopic (exact) mass is 357 g/mol. The van der Waals surface area contributed by atoms with Crippen LogP contribution in [-0.4, -0.2) is 5.91 Å². The topological polar surface area (TPSA) is 20.3 Å². The highest BCUT2D eigenvalue weighted by Gasteiger charge is 2.19. The molecule has 3 aromatic rings. The molecule has 3 aromatic carbocycles. The van der Waals surface area contributed by atoms with Crippen LogP contribution in [0.1, 0.15) is 43.2 Å². The summed E-state index contributed by atoms with van der Waals surface area (Å²) >= 11 is 0. The summed E-state index contributed by atoms with van der Waals surface area (Å²) in [6.07, 6.45) is 2.41. The van der Waals surface area contributed by atoms with Crippen LogP contribution in [0, 0.1) is 6.92 Å². The first-order chi connectivity index (χ1) is 13.2. The Morgan fingerprint density at radius 2 is 1.33 bits per heavy atom. The van der Waals surface area contributed by atoms with E-state index < -0.39 is 0 Å². The van der Waals surface area contributed by atoms with Gasteiger partial charge in [0.25, 0.3) is 0 Å². The summed E-state index contributed by atoms with van der Waals surface area (Å²) in [5.41, 5.74) is 4.42. The molecule has 2 heteroatoms. The minimum absolute atomic E-state index is 0.137. The van der Waals surface area contributed by atoms with Crippen molar-refractivity contribution in [2.45, 2.75) is 39.0 Å². The third kappa shape index (κ3) is 4.85. The van der Waals surface area contributed by atoms with Gasteiger partial charge in [-0.25, -0.2) is 0 Å². The second-order valence-electron chi connectivity index (χ2n) is 6.95. The van der Waals surface area contributed by atoms with E-state index in [0.717, 1.165) is 24.2 Å². The molecule has 0 spiro atoms. The van der Waals surface area contributed by atoms with E-state index in [2.05, 4.69) is 38.1 Å². The van der Waals surface area contributed by atoms with Gasteiger partial charge in [0.2, 0.25) is 5.91 Å². The molecule has 2 nitrogen and oxygen atoms in total. The van der Waals surface area contributed by atoms with Crippen LogP contribution in [0.15, 0.2) is 84.9 Å². The molecular formula is C25H27NO. The molecule has 1 amide bonds. The average molecular weight is 357 g/mol. The van der Waals surface area contributed by atoms with Crippen LogP contribution < -0.4 is 4.90 Å². The number of para-hydroxylation sites is 2. The third-order valence-corrected chi connectivity index (χ3v) is 5.03. The van der Waals surface area contributed by atoms with Crippen LogP contribution in [-0.2, 0) is 4.79 Å². The number of amides is 1. The van der Waals surface area contributed by atoms with Gasteiger partial charge in [-0.3, -0.25) is 9.69 Å². The molecule has 0 N–H and O–H groups in total. The molecule has 0 heterocycles. The first-order valence-electron chi connectivity index (χ1n) is 9.68. The average Bonchev–Trinajstić information content (AvgIpc) is 2.71. The molecule has 1 atom stereocenters. The summed E-state index contributed by atoms with van der Waals surface area (Å²) in [4.78, 5) is 15.0. The molecule has 3 rings (SSSR count). The van der Waals surface area contributed by atoms with E-state index in [4.69, 9.17) is 0 Å². The SMILES string of the molecule is CC[C@H](CCC(=O)N(c1ccccc1)c1ccccc1)c1ccc(C)cc1. The van der Waals surface area contributed by atoms with Crippen LogP contribution in [0.4, 0.5) is 11.4 Å². The van der Waals surface area contributed by atoms with E-state index in [0.29, 0.717) is 12.3 Å². The first-order valence-corrected chi connectivity index (χ1v) is 9.68. The van der Waals surface area contributed by atoms with Crippen molar-refractivity contribution in [2.75, 3.05) is 4.90 Å². The first kappa shape index (κ1) is 18.9. The zero-order chi connectivity index (χ0) is 19.1. The Balaban J connectivity index is 1.77. The van der Waals surface area contributed by atoms with Crippen LogP contribution in [0.3, 0.4) is 0 Å². The third-order valence-electron chi connectivity index (χ3n) is 5.03. The second kappa shape index (κ2) is 9.18. The van der Waals surface area contributed by atoms with Crippen LogP contribution in [0.5, 0.6) is 0 Å². The molecule has 0 bridgehead atoms. The molecule has 0 fully saturated rings. The zero-order valence-corrected chi connectivity index (χ0v) is 16.1. The van der Waals surface area contributed by atoms with E-state index in [1.165, 1.54) is 11.1 Å².